The molecule has 0 saturated carbocycles. The summed E-state index contributed by atoms with van der Waals surface area (Å²) in [5.74, 6) is -0.518. The van der Waals surface area contributed by atoms with Gasteiger partial charge in [0.15, 0.2) is 0 Å². The van der Waals surface area contributed by atoms with Crippen molar-refractivity contribution < 1.29 is 20.1 Å². The van der Waals surface area contributed by atoms with Crippen LogP contribution < -0.4 is 5.32 Å². The van der Waals surface area contributed by atoms with E-state index in [1.165, 1.54) is 148 Å². The molecular formula is C43H81NO4. The molecule has 0 aliphatic carbocycles. The van der Waals surface area contributed by atoms with Gasteiger partial charge in [0.25, 0.3) is 0 Å². The van der Waals surface area contributed by atoms with Crippen molar-refractivity contribution in [3.05, 3.63) is 36.5 Å². The molecule has 0 rings (SSSR count). The third-order valence-corrected chi connectivity index (χ3v) is 9.45. The van der Waals surface area contributed by atoms with Gasteiger partial charge in [-0.2, -0.15) is 0 Å². The average Bonchev–Trinajstić information content (AvgIpc) is 3.09. The zero-order valence-electron chi connectivity index (χ0n) is 31.9. The lowest BCUT2D eigenvalue weighted by molar-refractivity contribution is -0.131. The van der Waals surface area contributed by atoms with E-state index in [4.69, 9.17) is 0 Å². The highest BCUT2D eigenvalue weighted by Crippen LogP contribution is 2.14. The average molecular weight is 676 g/mol. The summed E-state index contributed by atoms with van der Waals surface area (Å²) in [4.78, 5) is 12.4. The molecule has 5 heteroatoms. The lowest BCUT2D eigenvalue weighted by atomic mass is 10.0. The van der Waals surface area contributed by atoms with E-state index >= 15 is 0 Å². The molecule has 0 bridgehead atoms. The monoisotopic (exact) mass is 676 g/mol. The summed E-state index contributed by atoms with van der Waals surface area (Å²) in [6.45, 7) is 4.16. The van der Waals surface area contributed by atoms with Crippen molar-refractivity contribution in [1.82, 2.24) is 5.32 Å². The molecule has 0 aliphatic heterocycles. The molecule has 0 radical (unpaired) electrons. The molecule has 0 aromatic carbocycles. The molecule has 0 aliphatic rings. The van der Waals surface area contributed by atoms with Gasteiger partial charge in [-0.1, -0.05) is 185 Å². The summed E-state index contributed by atoms with van der Waals surface area (Å²) in [6, 6.07) is -0.815. The number of aliphatic hydroxyl groups excluding tert-OH is 3. The Morgan fingerprint density at radius 1 is 0.500 bits per heavy atom. The molecule has 4 N–H and O–H groups in total. The number of aliphatic hydroxyl groups is 3. The van der Waals surface area contributed by atoms with Crippen molar-refractivity contribution >= 4 is 5.91 Å². The molecule has 1 amide bonds. The highest BCUT2D eigenvalue weighted by molar-refractivity contribution is 5.80. The molecule has 282 valence electrons. The molecule has 0 saturated heterocycles. The van der Waals surface area contributed by atoms with Gasteiger partial charge >= 0.3 is 0 Å². The molecule has 48 heavy (non-hydrogen) atoms. The first-order valence-corrected chi connectivity index (χ1v) is 20.8. The Morgan fingerprint density at radius 3 is 1.27 bits per heavy atom. The van der Waals surface area contributed by atoms with Crippen LogP contribution in [-0.2, 0) is 4.79 Å². The van der Waals surface area contributed by atoms with Crippen LogP contribution in [0.5, 0.6) is 0 Å². The van der Waals surface area contributed by atoms with E-state index in [1.54, 1.807) is 6.08 Å². The fraction of sp³-hybridized carbons (Fsp3) is 0.837. The topological polar surface area (TPSA) is 89.8 Å². The van der Waals surface area contributed by atoms with E-state index in [9.17, 15) is 20.1 Å². The van der Waals surface area contributed by atoms with Gasteiger partial charge in [0.2, 0.25) is 5.91 Å². The van der Waals surface area contributed by atoms with Gasteiger partial charge < -0.3 is 20.6 Å². The second-order valence-corrected chi connectivity index (χ2v) is 14.2. The standard InChI is InChI=1S/C43H81NO4/c1-3-5-7-9-11-13-15-17-19-20-21-22-24-26-28-30-32-34-36-38-42(47)43(48)44-40(39-45)41(46)37-35-33-31-29-27-25-23-18-16-14-12-10-8-6-4-2/h21-22,27,29,35,37,40-42,45-47H,3-20,23-26,28,30-34,36,38-39H2,1-2H3,(H,44,48)/b22-21-,29-27+,37-35+. The lowest BCUT2D eigenvalue weighted by Crippen LogP contribution is -2.48. The van der Waals surface area contributed by atoms with E-state index in [0.717, 1.165) is 38.5 Å². The summed E-state index contributed by atoms with van der Waals surface area (Å²) in [7, 11) is 0. The minimum absolute atomic E-state index is 0.378. The number of hydrogen-bond acceptors (Lipinski definition) is 4. The van der Waals surface area contributed by atoms with E-state index in [0.29, 0.717) is 6.42 Å². The lowest BCUT2D eigenvalue weighted by Gasteiger charge is -2.21. The normalized spacial score (nSPS) is 14.0. The maximum Gasteiger partial charge on any atom is 0.249 e. The number of carbonyl (C=O) groups is 1. The molecule has 0 aromatic heterocycles. The van der Waals surface area contributed by atoms with Crippen LogP contribution in [0.3, 0.4) is 0 Å². The predicted octanol–water partition coefficient (Wildman–Crippen LogP) is 11.6. The van der Waals surface area contributed by atoms with Crippen LogP contribution >= 0.6 is 0 Å². The summed E-state index contributed by atoms with van der Waals surface area (Å²) in [5.41, 5.74) is 0. The number of amides is 1. The zero-order valence-corrected chi connectivity index (χ0v) is 31.9. The summed E-state index contributed by atoms with van der Waals surface area (Å²) < 4.78 is 0. The largest absolute Gasteiger partial charge is 0.394 e. The van der Waals surface area contributed by atoms with Crippen LogP contribution in [0, 0.1) is 0 Å². The first-order chi connectivity index (χ1) is 23.6. The molecule has 5 nitrogen and oxygen atoms in total. The van der Waals surface area contributed by atoms with E-state index in [2.05, 4.69) is 43.5 Å². The highest BCUT2D eigenvalue weighted by Gasteiger charge is 2.22. The summed E-state index contributed by atoms with van der Waals surface area (Å²) in [6.07, 6.45) is 47.4. The number of carbonyl (C=O) groups excluding carboxylic acids is 1. The van der Waals surface area contributed by atoms with E-state index in [1.807, 2.05) is 6.08 Å². The van der Waals surface area contributed by atoms with E-state index in [-0.39, 0.29) is 6.61 Å². The summed E-state index contributed by atoms with van der Waals surface area (Å²) in [5, 5.41) is 33.0. The number of hydrogen-bond donors (Lipinski definition) is 4. The van der Waals surface area contributed by atoms with Crippen molar-refractivity contribution in [2.75, 3.05) is 6.61 Å². The van der Waals surface area contributed by atoms with E-state index < -0.39 is 24.2 Å². The van der Waals surface area contributed by atoms with Gasteiger partial charge in [-0.25, -0.2) is 0 Å². The molecule has 3 atom stereocenters. The molecule has 0 spiro atoms. The highest BCUT2D eigenvalue weighted by atomic mass is 16.3. The minimum atomic E-state index is -1.11. The Kier molecular flexibility index (Phi) is 37.2. The molecule has 0 heterocycles. The first-order valence-electron chi connectivity index (χ1n) is 20.8. The Morgan fingerprint density at radius 2 is 0.854 bits per heavy atom. The van der Waals surface area contributed by atoms with Gasteiger partial charge in [0, 0.05) is 0 Å². The van der Waals surface area contributed by atoms with Gasteiger partial charge in [-0.15, -0.1) is 0 Å². The van der Waals surface area contributed by atoms with Crippen molar-refractivity contribution in [1.29, 1.82) is 0 Å². The third-order valence-electron chi connectivity index (χ3n) is 9.45. The maximum atomic E-state index is 12.4. The third kappa shape index (κ3) is 33.1. The van der Waals surface area contributed by atoms with Crippen molar-refractivity contribution in [3.63, 3.8) is 0 Å². The number of allylic oxidation sites excluding steroid dienone is 5. The van der Waals surface area contributed by atoms with Crippen LogP contribution in [-0.4, -0.2) is 46.1 Å². The molecule has 3 unspecified atom stereocenters. The van der Waals surface area contributed by atoms with Crippen LogP contribution in [0.4, 0.5) is 0 Å². The molecular weight excluding hydrogens is 594 g/mol. The van der Waals surface area contributed by atoms with Crippen LogP contribution in [0.1, 0.15) is 206 Å². The Labute approximate surface area is 298 Å². The van der Waals surface area contributed by atoms with Crippen LogP contribution in [0.15, 0.2) is 36.5 Å². The van der Waals surface area contributed by atoms with Crippen molar-refractivity contribution in [2.24, 2.45) is 0 Å². The Hall–Kier alpha value is -1.43. The summed E-state index contributed by atoms with van der Waals surface area (Å²) >= 11 is 0. The predicted molar refractivity (Wildman–Crippen MR) is 208 cm³/mol. The fourth-order valence-corrected chi connectivity index (χ4v) is 6.14. The SMILES string of the molecule is CCCCCCCCCCC/C=C\CCCCCCCCC(O)C(=O)NC(CO)C(O)/C=C/CC/C=C/CCCCCCCCCCC. The first kappa shape index (κ1) is 46.6. The number of rotatable bonds is 37. The Bertz CT molecular complexity index is 749. The minimum Gasteiger partial charge on any atom is -0.394 e. The van der Waals surface area contributed by atoms with Gasteiger partial charge in [0.1, 0.15) is 6.10 Å². The Balaban J connectivity index is 3.74. The number of unbranched alkanes of at least 4 members (excludes halogenated alkanes) is 25. The maximum absolute atomic E-state index is 12.4. The zero-order chi connectivity index (χ0) is 35.2. The van der Waals surface area contributed by atoms with Crippen molar-refractivity contribution in [2.45, 2.75) is 225 Å². The quantitative estimate of drug-likeness (QED) is 0.0390. The van der Waals surface area contributed by atoms with Crippen molar-refractivity contribution in [3.8, 4) is 0 Å². The molecule has 0 aromatic rings. The number of nitrogens with one attached hydrogen (secondary N) is 1. The smallest absolute Gasteiger partial charge is 0.249 e. The molecule has 0 fully saturated rings. The van der Waals surface area contributed by atoms with Gasteiger partial charge in [-0.05, 0) is 57.8 Å². The van der Waals surface area contributed by atoms with Crippen LogP contribution in [0.25, 0.3) is 0 Å². The van der Waals surface area contributed by atoms with Gasteiger partial charge in [0.05, 0.1) is 18.8 Å². The van der Waals surface area contributed by atoms with Crippen LogP contribution in [0.2, 0.25) is 0 Å². The second-order valence-electron chi connectivity index (χ2n) is 14.2. The fourth-order valence-electron chi connectivity index (χ4n) is 6.14. The second kappa shape index (κ2) is 38.4. The van der Waals surface area contributed by atoms with Gasteiger partial charge in [-0.3, -0.25) is 4.79 Å².